The zero-order valence-electron chi connectivity index (χ0n) is 16.1. The van der Waals surface area contributed by atoms with Crippen molar-refractivity contribution in [3.63, 3.8) is 0 Å². The van der Waals surface area contributed by atoms with E-state index in [0.717, 1.165) is 4.88 Å². The van der Waals surface area contributed by atoms with Crippen LogP contribution in [0.3, 0.4) is 0 Å². The predicted octanol–water partition coefficient (Wildman–Crippen LogP) is 3.30. The number of nitrogens with one attached hydrogen (secondary N) is 2. The number of benzene rings is 2. The van der Waals surface area contributed by atoms with Gasteiger partial charge in [-0.05, 0) is 54.9 Å². The van der Waals surface area contributed by atoms with Crippen LogP contribution < -0.4 is 10.0 Å². The van der Waals surface area contributed by atoms with Crippen LogP contribution >= 0.6 is 11.3 Å². The Labute approximate surface area is 181 Å². The van der Waals surface area contributed by atoms with Crippen LogP contribution in [0.15, 0.2) is 70.9 Å². The van der Waals surface area contributed by atoms with Crippen LogP contribution in [0.1, 0.15) is 10.6 Å². The topological polar surface area (TPSA) is 106 Å². The predicted molar refractivity (Wildman–Crippen MR) is 115 cm³/mol. The monoisotopic (exact) mass is 457 g/mol. The van der Waals surface area contributed by atoms with Gasteiger partial charge in [-0.3, -0.25) is 4.79 Å². The third-order valence-corrected chi connectivity index (χ3v) is 6.55. The Kier molecular flexibility index (Phi) is 5.63. The van der Waals surface area contributed by atoms with E-state index in [0.29, 0.717) is 11.5 Å². The number of aromatic nitrogens is 3. The standard InChI is InChI=1S/C20H16FN5O3S2/c1-22-31(28,29)16-8-3-6-14(12-16)23-20(27)18-24-19(17-9-4-10-30-17)26(25-18)15-7-2-5-13(21)11-15/h2-12,22H,1H3,(H,23,27). The lowest BCUT2D eigenvalue weighted by Crippen LogP contribution is -2.19. The van der Waals surface area contributed by atoms with Crippen molar-refractivity contribution in [2.75, 3.05) is 12.4 Å². The molecule has 4 rings (SSSR count). The first-order valence-electron chi connectivity index (χ1n) is 8.99. The van der Waals surface area contributed by atoms with Crippen molar-refractivity contribution in [1.82, 2.24) is 19.5 Å². The van der Waals surface area contributed by atoms with E-state index in [1.807, 2.05) is 17.5 Å². The fraction of sp³-hybridized carbons (Fsp3) is 0.0500. The van der Waals surface area contributed by atoms with E-state index in [1.165, 1.54) is 59.5 Å². The van der Waals surface area contributed by atoms with Gasteiger partial charge in [0.05, 0.1) is 15.5 Å². The van der Waals surface area contributed by atoms with Gasteiger partial charge in [0.2, 0.25) is 15.8 Å². The van der Waals surface area contributed by atoms with Crippen molar-refractivity contribution in [1.29, 1.82) is 0 Å². The maximum Gasteiger partial charge on any atom is 0.295 e. The third-order valence-electron chi connectivity index (χ3n) is 4.28. The second kappa shape index (κ2) is 8.38. The van der Waals surface area contributed by atoms with Crippen molar-refractivity contribution in [2.45, 2.75) is 4.90 Å². The van der Waals surface area contributed by atoms with E-state index < -0.39 is 21.7 Å². The number of carbonyl (C=O) groups is 1. The number of halogens is 1. The smallest absolute Gasteiger partial charge is 0.295 e. The molecule has 0 spiro atoms. The first-order valence-corrected chi connectivity index (χ1v) is 11.4. The van der Waals surface area contributed by atoms with E-state index in [1.54, 1.807) is 12.1 Å². The molecule has 0 saturated carbocycles. The second-order valence-corrected chi connectivity index (χ2v) is 9.15. The summed E-state index contributed by atoms with van der Waals surface area (Å²) in [6.45, 7) is 0. The molecular weight excluding hydrogens is 441 g/mol. The molecule has 0 unspecified atom stereocenters. The van der Waals surface area contributed by atoms with Crippen LogP contribution in [0.4, 0.5) is 10.1 Å². The molecule has 158 valence electrons. The number of sulfonamides is 1. The van der Waals surface area contributed by atoms with Gasteiger partial charge in [0, 0.05) is 5.69 Å². The van der Waals surface area contributed by atoms with Gasteiger partial charge in [0.25, 0.3) is 5.91 Å². The van der Waals surface area contributed by atoms with Crippen LogP contribution in [-0.2, 0) is 10.0 Å². The van der Waals surface area contributed by atoms with Crippen LogP contribution in [0, 0.1) is 5.82 Å². The number of thiophene rings is 1. The number of amides is 1. The average Bonchev–Trinajstić information content (AvgIpc) is 3.44. The Morgan fingerprint density at radius 2 is 1.90 bits per heavy atom. The number of hydrogen-bond acceptors (Lipinski definition) is 6. The highest BCUT2D eigenvalue weighted by molar-refractivity contribution is 7.89. The highest BCUT2D eigenvalue weighted by Crippen LogP contribution is 2.26. The van der Waals surface area contributed by atoms with Crippen molar-refractivity contribution in [3.05, 3.63) is 77.7 Å². The summed E-state index contributed by atoms with van der Waals surface area (Å²) in [4.78, 5) is 17.9. The third kappa shape index (κ3) is 4.38. The van der Waals surface area contributed by atoms with E-state index >= 15 is 0 Å². The molecule has 1 amide bonds. The number of nitrogens with zero attached hydrogens (tertiary/aromatic N) is 3. The van der Waals surface area contributed by atoms with E-state index in [4.69, 9.17) is 0 Å². The lowest BCUT2D eigenvalue weighted by atomic mass is 10.3. The molecule has 2 heterocycles. The van der Waals surface area contributed by atoms with Crippen LogP contribution in [0.5, 0.6) is 0 Å². The molecule has 0 atom stereocenters. The summed E-state index contributed by atoms with van der Waals surface area (Å²) in [5.41, 5.74) is 0.679. The van der Waals surface area contributed by atoms with Gasteiger partial charge >= 0.3 is 0 Å². The summed E-state index contributed by atoms with van der Waals surface area (Å²) in [6.07, 6.45) is 0. The average molecular weight is 458 g/mol. The summed E-state index contributed by atoms with van der Waals surface area (Å²) in [5, 5.41) is 8.72. The molecule has 31 heavy (non-hydrogen) atoms. The molecule has 0 aliphatic rings. The fourth-order valence-corrected chi connectivity index (χ4v) is 4.28. The zero-order valence-corrected chi connectivity index (χ0v) is 17.7. The van der Waals surface area contributed by atoms with Crippen molar-refractivity contribution in [3.8, 4) is 16.4 Å². The quantitative estimate of drug-likeness (QED) is 0.462. The van der Waals surface area contributed by atoms with Gasteiger partial charge in [-0.25, -0.2) is 27.2 Å². The van der Waals surface area contributed by atoms with E-state index in [-0.39, 0.29) is 16.4 Å². The minimum Gasteiger partial charge on any atom is -0.319 e. The summed E-state index contributed by atoms with van der Waals surface area (Å²) < 4.78 is 41.3. The summed E-state index contributed by atoms with van der Waals surface area (Å²) in [5.74, 6) is -0.836. The maximum atomic E-state index is 13.8. The normalized spacial score (nSPS) is 11.4. The van der Waals surface area contributed by atoms with Crippen molar-refractivity contribution in [2.24, 2.45) is 0 Å². The Morgan fingerprint density at radius 3 is 2.61 bits per heavy atom. The largest absolute Gasteiger partial charge is 0.319 e. The molecule has 0 fully saturated rings. The molecule has 2 aromatic heterocycles. The molecule has 2 aromatic carbocycles. The molecule has 4 aromatic rings. The summed E-state index contributed by atoms with van der Waals surface area (Å²) in [7, 11) is -2.36. The maximum absolute atomic E-state index is 13.8. The molecule has 2 N–H and O–H groups in total. The molecule has 8 nitrogen and oxygen atoms in total. The van der Waals surface area contributed by atoms with E-state index in [2.05, 4.69) is 20.1 Å². The minimum atomic E-state index is -3.66. The lowest BCUT2D eigenvalue weighted by molar-refractivity contribution is 0.101. The summed E-state index contributed by atoms with van der Waals surface area (Å²) in [6, 6.07) is 15.2. The van der Waals surface area contributed by atoms with Crippen LogP contribution in [-0.4, -0.2) is 36.1 Å². The number of anilines is 1. The number of rotatable bonds is 6. The Balaban J connectivity index is 1.70. The van der Waals surface area contributed by atoms with Gasteiger partial charge < -0.3 is 5.32 Å². The van der Waals surface area contributed by atoms with Crippen LogP contribution in [0.2, 0.25) is 0 Å². The minimum absolute atomic E-state index is 0.00493. The summed E-state index contributed by atoms with van der Waals surface area (Å²) >= 11 is 1.40. The van der Waals surface area contributed by atoms with E-state index in [9.17, 15) is 17.6 Å². The molecular formula is C20H16FN5O3S2. The van der Waals surface area contributed by atoms with Crippen LogP contribution in [0.25, 0.3) is 16.4 Å². The highest BCUT2D eigenvalue weighted by atomic mass is 32.2. The van der Waals surface area contributed by atoms with Crippen molar-refractivity contribution < 1.29 is 17.6 Å². The van der Waals surface area contributed by atoms with Gasteiger partial charge in [0.1, 0.15) is 5.82 Å². The first kappa shape index (κ1) is 20.8. The first-order chi connectivity index (χ1) is 14.9. The second-order valence-electron chi connectivity index (χ2n) is 6.32. The highest BCUT2D eigenvalue weighted by Gasteiger charge is 2.20. The molecule has 0 bridgehead atoms. The SMILES string of the molecule is CNS(=O)(=O)c1cccc(NC(=O)c2nc(-c3cccs3)n(-c3cccc(F)c3)n2)c1. The molecule has 0 aliphatic heterocycles. The van der Waals surface area contributed by atoms with Gasteiger partial charge in [-0.2, -0.15) is 0 Å². The fourth-order valence-electron chi connectivity index (χ4n) is 2.81. The Morgan fingerprint density at radius 1 is 1.10 bits per heavy atom. The van der Waals surface area contributed by atoms with Gasteiger partial charge in [-0.1, -0.05) is 18.2 Å². The molecule has 11 heteroatoms. The van der Waals surface area contributed by atoms with Crippen molar-refractivity contribution >= 4 is 33.0 Å². The Bertz CT molecular complexity index is 1350. The van der Waals surface area contributed by atoms with Gasteiger partial charge in [0.15, 0.2) is 5.82 Å². The van der Waals surface area contributed by atoms with Gasteiger partial charge in [-0.15, -0.1) is 16.4 Å². The zero-order chi connectivity index (χ0) is 22.0. The number of carbonyl (C=O) groups excluding carboxylic acids is 1. The molecule has 0 saturated heterocycles. The Hall–Kier alpha value is -3.41. The molecule has 0 radical (unpaired) electrons. The lowest BCUT2D eigenvalue weighted by Gasteiger charge is -2.06. The molecule has 0 aliphatic carbocycles. The number of hydrogen-bond donors (Lipinski definition) is 2.